The van der Waals surface area contributed by atoms with Gasteiger partial charge in [0.15, 0.2) is 0 Å². The lowest BCUT2D eigenvalue weighted by Crippen LogP contribution is -2.40. The quantitative estimate of drug-likeness (QED) is 0.453. The van der Waals surface area contributed by atoms with Crippen molar-refractivity contribution in [2.24, 2.45) is 11.8 Å². The zero-order valence-corrected chi connectivity index (χ0v) is 20.7. The third-order valence-corrected chi connectivity index (χ3v) is 7.76. The van der Waals surface area contributed by atoms with Crippen molar-refractivity contribution in [3.05, 3.63) is 83.7 Å². The molecule has 6 heteroatoms. The number of carbonyl (C=O) groups excluding carboxylic acids is 2. The van der Waals surface area contributed by atoms with E-state index in [1.807, 2.05) is 66.4 Å². The van der Waals surface area contributed by atoms with E-state index >= 15 is 0 Å². The summed E-state index contributed by atoms with van der Waals surface area (Å²) in [4.78, 5) is 30.7. The number of benzene rings is 3. The molecule has 2 heterocycles. The number of amides is 1. The molecule has 2 aliphatic heterocycles. The Kier molecular flexibility index (Phi) is 7.33. The van der Waals surface area contributed by atoms with Gasteiger partial charge in [0, 0.05) is 31.1 Å². The van der Waals surface area contributed by atoms with Crippen molar-refractivity contribution in [3.63, 3.8) is 0 Å². The topological polar surface area (TPSA) is 49.9 Å². The van der Waals surface area contributed by atoms with Crippen LogP contribution in [0.2, 0.25) is 0 Å². The average molecular weight is 489 g/mol. The molecule has 0 radical (unpaired) electrons. The molecule has 3 aromatic rings. The molecule has 0 N–H and O–H groups in total. The molecule has 2 aliphatic rings. The van der Waals surface area contributed by atoms with Gasteiger partial charge in [-0.1, -0.05) is 48.5 Å². The van der Waals surface area contributed by atoms with Gasteiger partial charge in [-0.2, -0.15) is 0 Å². The third kappa shape index (κ3) is 5.14. The summed E-state index contributed by atoms with van der Waals surface area (Å²) in [7, 11) is 0. The Bertz CT molecular complexity index is 1220. The van der Waals surface area contributed by atoms with Gasteiger partial charge in [-0.25, -0.2) is 4.39 Å². The van der Waals surface area contributed by atoms with E-state index in [9.17, 15) is 14.0 Å². The van der Waals surface area contributed by atoms with E-state index in [1.54, 1.807) is 0 Å². The van der Waals surface area contributed by atoms with Crippen LogP contribution in [0.15, 0.2) is 66.7 Å². The Morgan fingerprint density at radius 3 is 2.42 bits per heavy atom. The normalized spacial score (nSPS) is 21.1. The number of hydrogen-bond acceptors (Lipinski definition) is 4. The zero-order chi connectivity index (χ0) is 25.1. The first kappa shape index (κ1) is 24.4. The minimum Gasteiger partial charge on any atom is -0.466 e. The molecule has 188 valence electrons. The van der Waals surface area contributed by atoms with E-state index in [0.717, 1.165) is 43.2 Å². The highest BCUT2D eigenvalue weighted by Crippen LogP contribution is 2.32. The SMILES string of the molecule is CCOC(=O)C1CN(C(=O)c2cccc3ccccc23)CC1CN1CCC(c2ccc(F)cc2)CC1. The van der Waals surface area contributed by atoms with E-state index in [2.05, 4.69) is 4.90 Å². The summed E-state index contributed by atoms with van der Waals surface area (Å²) in [5, 5.41) is 1.97. The molecule has 2 unspecified atom stereocenters. The molecule has 3 aromatic carbocycles. The largest absolute Gasteiger partial charge is 0.466 e. The first-order valence-electron chi connectivity index (χ1n) is 12.9. The number of piperidine rings is 1. The molecule has 1 amide bonds. The molecule has 2 fully saturated rings. The van der Waals surface area contributed by atoms with Gasteiger partial charge in [-0.15, -0.1) is 0 Å². The van der Waals surface area contributed by atoms with Crippen LogP contribution in [0.4, 0.5) is 4.39 Å². The van der Waals surface area contributed by atoms with Crippen LogP contribution in [-0.4, -0.2) is 61.0 Å². The highest BCUT2D eigenvalue weighted by atomic mass is 19.1. The van der Waals surface area contributed by atoms with Crippen molar-refractivity contribution >= 4 is 22.6 Å². The maximum atomic E-state index is 13.6. The smallest absolute Gasteiger partial charge is 0.311 e. The summed E-state index contributed by atoms with van der Waals surface area (Å²) >= 11 is 0. The molecule has 0 aromatic heterocycles. The molecule has 0 bridgehead atoms. The fraction of sp³-hybridized carbons (Fsp3) is 0.400. The first-order chi connectivity index (χ1) is 17.5. The molecule has 0 spiro atoms. The van der Waals surface area contributed by atoms with Gasteiger partial charge in [0.1, 0.15) is 5.82 Å². The van der Waals surface area contributed by atoms with Crippen molar-refractivity contribution < 1.29 is 18.7 Å². The zero-order valence-electron chi connectivity index (χ0n) is 20.7. The van der Waals surface area contributed by atoms with Crippen LogP contribution >= 0.6 is 0 Å². The number of carbonyl (C=O) groups is 2. The molecular weight excluding hydrogens is 455 g/mol. The van der Waals surface area contributed by atoms with Crippen LogP contribution in [0.5, 0.6) is 0 Å². The Morgan fingerprint density at radius 1 is 0.944 bits per heavy atom. The van der Waals surface area contributed by atoms with Gasteiger partial charge in [-0.05, 0) is 73.3 Å². The number of ether oxygens (including phenoxy) is 1. The van der Waals surface area contributed by atoms with Gasteiger partial charge in [0.25, 0.3) is 5.91 Å². The number of fused-ring (bicyclic) bond motifs is 1. The number of likely N-dealkylation sites (tertiary alicyclic amines) is 2. The van der Waals surface area contributed by atoms with E-state index in [-0.39, 0.29) is 29.5 Å². The minimum atomic E-state index is -0.321. The fourth-order valence-corrected chi connectivity index (χ4v) is 5.84. The van der Waals surface area contributed by atoms with E-state index in [0.29, 0.717) is 31.2 Å². The molecule has 36 heavy (non-hydrogen) atoms. The van der Waals surface area contributed by atoms with Crippen LogP contribution in [0.3, 0.4) is 0 Å². The standard InChI is InChI=1S/C30H33FN2O3/c1-2-36-30(35)28-20-33(29(34)27-9-5-7-23-6-3-4-8-26(23)27)19-24(28)18-32-16-14-22(15-17-32)21-10-12-25(31)13-11-21/h3-13,22,24,28H,2,14-20H2,1H3. The number of esters is 1. The number of hydrogen-bond donors (Lipinski definition) is 0. The van der Waals surface area contributed by atoms with Crippen molar-refractivity contribution in [1.29, 1.82) is 0 Å². The summed E-state index contributed by atoms with van der Waals surface area (Å²) in [5.41, 5.74) is 1.87. The summed E-state index contributed by atoms with van der Waals surface area (Å²) in [5.74, 6) is -0.305. The molecule has 5 rings (SSSR count). The lowest BCUT2D eigenvalue weighted by atomic mass is 9.88. The van der Waals surface area contributed by atoms with Crippen LogP contribution in [0.25, 0.3) is 10.8 Å². The number of rotatable bonds is 6. The third-order valence-electron chi connectivity index (χ3n) is 7.76. The second-order valence-electron chi connectivity index (χ2n) is 9.98. The Balaban J connectivity index is 1.28. The first-order valence-corrected chi connectivity index (χ1v) is 12.9. The summed E-state index contributed by atoms with van der Waals surface area (Å²) in [6.07, 6.45) is 2.00. The van der Waals surface area contributed by atoms with Crippen molar-refractivity contribution in [3.8, 4) is 0 Å². The summed E-state index contributed by atoms with van der Waals surface area (Å²) in [6, 6.07) is 20.5. The van der Waals surface area contributed by atoms with Crippen LogP contribution in [-0.2, 0) is 9.53 Å². The van der Waals surface area contributed by atoms with Crippen LogP contribution in [0.1, 0.15) is 41.6 Å². The fourth-order valence-electron chi connectivity index (χ4n) is 5.84. The van der Waals surface area contributed by atoms with Crippen LogP contribution in [0, 0.1) is 17.7 Å². The maximum Gasteiger partial charge on any atom is 0.311 e. The number of nitrogens with zero attached hydrogens (tertiary/aromatic N) is 2. The van der Waals surface area contributed by atoms with Crippen LogP contribution < -0.4 is 0 Å². The summed E-state index contributed by atoms with van der Waals surface area (Å²) in [6.45, 7) is 5.69. The second-order valence-corrected chi connectivity index (χ2v) is 9.98. The van der Waals surface area contributed by atoms with E-state index < -0.39 is 0 Å². The summed E-state index contributed by atoms with van der Waals surface area (Å²) < 4.78 is 18.7. The van der Waals surface area contributed by atoms with Crippen molar-refractivity contribution in [2.75, 3.05) is 39.3 Å². The van der Waals surface area contributed by atoms with E-state index in [4.69, 9.17) is 4.74 Å². The Hall–Kier alpha value is -3.25. The molecule has 0 aliphatic carbocycles. The van der Waals surface area contributed by atoms with Gasteiger partial charge < -0.3 is 14.5 Å². The lowest BCUT2D eigenvalue weighted by Gasteiger charge is -2.34. The second kappa shape index (κ2) is 10.8. The lowest BCUT2D eigenvalue weighted by molar-refractivity contribution is -0.149. The minimum absolute atomic E-state index is 0.0291. The molecule has 5 nitrogen and oxygen atoms in total. The van der Waals surface area contributed by atoms with Gasteiger partial charge in [-0.3, -0.25) is 9.59 Å². The van der Waals surface area contributed by atoms with Crippen molar-refractivity contribution in [1.82, 2.24) is 9.80 Å². The molecular formula is C30H33FN2O3. The monoisotopic (exact) mass is 488 g/mol. The Labute approximate surface area is 211 Å². The van der Waals surface area contributed by atoms with E-state index in [1.165, 1.54) is 17.7 Å². The van der Waals surface area contributed by atoms with Gasteiger partial charge in [0.2, 0.25) is 0 Å². The number of halogens is 1. The predicted molar refractivity (Wildman–Crippen MR) is 138 cm³/mol. The Morgan fingerprint density at radius 2 is 1.67 bits per heavy atom. The molecule has 2 saturated heterocycles. The maximum absolute atomic E-state index is 13.6. The molecule has 2 atom stereocenters. The van der Waals surface area contributed by atoms with Gasteiger partial charge in [0.05, 0.1) is 12.5 Å². The average Bonchev–Trinajstić information content (AvgIpc) is 3.33. The van der Waals surface area contributed by atoms with Crippen molar-refractivity contribution in [2.45, 2.75) is 25.7 Å². The predicted octanol–water partition coefficient (Wildman–Crippen LogP) is 5.11. The van der Waals surface area contributed by atoms with Gasteiger partial charge >= 0.3 is 5.97 Å². The highest BCUT2D eigenvalue weighted by molar-refractivity contribution is 6.07. The highest BCUT2D eigenvalue weighted by Gasteiger charge is 2.42. The molecule has 0 saturated carbocycles.